The zero-order valence-electron chi connectivity index (χ0n) is 10.8. The van der Waals surface area contributed by atoms with Crippen LogP contribution in [0.3, 0.4) is 0 Å². The summed E-state index contributed by atoms with van der Waals surface area (Å²) in [5.41, 5.74) is -0.132. The third kappa shape index (κ3) is 3.06. The van der Waals surface area contributed by atoms with Gasteiger partial charge in [-0.2, -0.15) is 0 Å². The van der Waals surface area contributed by atoms with E-state index < -0.39 is 11.8 Å². The number of ether oxygens (including phenoxy) is 2. The number of carbonyl (C=O) groups is 1. The molecule has 2 rings (SSSR count). The molecule has 0 heterocycles. The Kier molecular flexibility index (Phi) is 4.20. The number of rotatable bonds is 5. The molecule has 0 amide bonds. The topological polar surface area (TPSA) is 55.8 Å². The molecular weight excluding hydrogens is 263 g/mol. The highest BCUT2D eigenvalue weighted by Gasteiger charge is 2.12. The summed E-state index contributed by atoms with van der Waals surface area (Å²) < 4.78 is 24.6. The van der Waals surface area contributed by atoms with E-state index in [0.717, 1.165) is 6.07 Å². The van der Waals surface area contributed by atoms with Crippen LogP contribution in [0.5, 0.6) is 17.2 Å². The van der Waals surface area contributed by atoms with Crippen LogP contribution in [-0.2, 0) is 0 Å². The van der Waals surface area contributed by atoms with Crippen LogP contribution in [0.2, 0.25) is 0 Å². The molecule has 0 saturated carbocycles. The number of hydrogen-bond donors (Lipinski definition) is 1. The Balaban J connectivity index is 2.28. The quantitative estimate of drug-likeness (QED) is 0.904. The first-order valence-corrected chi connectivity index (χ1v) is 6.04. The van der Waals surface area contributed by atoms with E-state index in [1.165, 1.54) is 12.1 Å². The number of aromatic carboxylic acids is 1. The molecule has 20 heavy (non-hydrogen) atoms. The number of halogens is 1. The number of carboxylic acid groups (broad SMARTS) is 1. The van der Waals surface area contributed by atoms with Gasteiger partial charge in [0, 0.05) is 0 Å². The average Bonchev–Trinajstić information content (AvgIpc) is 2.43. The lowest BCUT2D eigenvalue weighted by Crippen LogP contribution is -1.99. The van der Waals surface area contributed by atoms with Crippen LogP contribution in [0, 0.1) is 5.82 Å². The molecule has 104 valence electrons. The summed E-state index contributed by atoms with van der Waals surface area (Å²) in [4.78, 5) is 10.7. The molecule has 0 aliphatic heterocycles. The Labute approximate surface area is 115 Å². The molecule has 0 atom stereocenters. The van der Waals surface area contributed by atoms with Crippen LogP contribution >= 0.6 is 0 Å². The van der Waals surface area contributed by atoms with Gasteiger partial charge in [0.05, 0.1) is 12.2 Å². The summed E-state index contributed by atoms with van der Waals surface area (Å²) in [6.07, 6.45) is 0. The molecule has 2 aromatic rings. The van der Waals surface area contributed by atoms with Crippen molar-refractivity contribution in [3.05, 3.63) is 53.8 Å². The summed E-state index contributed by atoms with van der Waals surface area (Å²) in [5.74, 6) is -1.11. The van der Waals surface area contributed by atoms with E-state index >= 15 is 0 Å². The fraction of sp³-hybridized carbons (Fsp3) is 0.133. The van der Waals surface area contributed by atoms with Crippen molar-refractivity contribution in [3.8, 4) is 17.2 Å². The van der Waals surface area contributed by atoms with E-state index in [4.69, 9.17) is 14.6 Å². The van der Waals surface area contributed by atoms with E-state index in [2.05, 4.69) is 0 Å². The monoisotopic (exact) mass is 276 g/mol. The van der Waals surface area contributed by atoms with Crippen molar-refractivity contribution in [3.63, 3.8) is 0 Å². The van der Waals surface area contributed by atoms with Gasteiger partial charge in [-0.3, -0.25) is 0 Å². The number of carboxylic acids is 1. The highest BCUT2D eigenvalue weighted by atomic mass is 19.1. The normalized spacial score (nSPS) is 10.1. The van der Waals surface area contributed by atoms with Gasteiger partial charge in [-0.15, -0.1) is 0 Å². The minimum Gasteiger partial charge on any atom is -0.490 e. The second-order valence-corrected chi connectivity index (χ2v) is 3.93. The molecular formula is C15H13FO4. The van der Waals surface area contributed by atoms with E-state index in [9.17, 15) is 9.18 Å². The Morgan fingerprint density at radius 1 is 1.15 bits per heavy atom. The largest absolute Gasteiger partial charge is 0.490 e. The van der Waals surface area contributed by atoms with Gasteiger partial charge >= 0.3 is 5.97 Å². The molecule has 0 spiro atoms. The fourth-order valence-electron chi connectivity index (χ4n) is 1.64. The van der Waals surface area contributed by atoms with Gasteiger partial charge in [0.15, 0.2) is 23.1 Å². The maximum atomic E-state index is 13.8. The van der Waals surface area contributed by atoms with Crippen LogP contribution in [0.25, 0.3) is 0 Å². The molecule has 0 aromatic heterocycles. The Hall–Kier alpha value is -2.56. The van der Waals surface area contributed by atoms with Crippen molar-refractivity contribution in [1.82, 2.24) is 0 Å². The van der Waals surface area contributed by atoms with Gasteiger partial charge < -0.3 is 14.6 Å². The van der Waals surface area contributed by atoms with Crippen molar-refractivity contribution >= 4 is 5.97 Å². The first-order valence-electron chi connectivity index (χ1n) is 6.04. The maximum Gasteiger partial charge on any atom is 0.335 e. The molecule has 0 radical (unpaired) electrons. The molecule has 0 aliphatic rings. The van der Waals surface area contributed by atoms with Crippen LogP contribution in [0.4, 0.5) is 4.39 Å². The maximum absolute atomic E-state index is 13.8. The molecule has 0 aliphatic carbocycles. The molecule has 2 aromatic carbocycles. The molecule has 0 unspecified atom stereocenters. The van der Waals surface area contributed by atoms with Crippen LogP contribution in [0.1, 0.15) is 17.3 Å². The first kappa shape index (κ1) is 13.9. The molecule has 5 heteroatoms. The smallest absolute Gasteiger partial charge is 0.335 e. The lowest BCUT2D eigenvalue weighted by molar-refractivity contribution is 0.0696. The zero-order valence-corrected chi connectivity index (χ0v) is 10.8. The van der Waals surface area contributed by atoms with Crippen LogP contribution in [0.15, 0.2) is 42.5 Å². The predicted molar refractivity (Wildman–Crippen MR) is 71.0 cm³/mol. The lowest BCUT2D eigenvalue weighted by atomic mass is 10.2. The van der Waals surface area contributed by atoms with Gasteiger partial charge in [-0.05, 0) is 37.3 Å². The minimum atomic E-state index is -1.19. The Morgan fingerprint density at radius 2 is 1.85 bits per heavy atom. The van der Waals surface area contributed by atoms with Gasteiger partial charge in [-0.1, -0.05) is 12.1 Å². The van der Waals surface area contributed by atoms with E-state index in [0.29, 0.717) is 18.1 Å². The van der Waals surface area contributed by atoms with E-state index in [-0.39, 0.29) is 11.3 Å². The second kappa shape index (κ2) is 6.06. The van der Waals surface area contributed by atoms with Crippen LogP contribution in [-0.4, -0.2) is 17.7 Å². The molecule has 0 fully saturated rings. The molecule has 0 bridgehead atoms. The zero-order chi connectivity index (χ0) is 14.5. The Bertz CT molecular complexity index is 625. The SMILES string of the molecule is CCOc1ccccc1Oc1ccc(C(=O)O)cc1F. The second-order valence-electron chi connectivity index (χ2n) is 3.93. The van der Waals surface area contributed by atoms with Gasteiger partial charge in [0.2, 0.25) is 0 Å². The van der Waals surface area contributed by atoms with Crippen molar-refractivity contribution in [1.29, 1.82) is 0 Å². The summed E-state index contributed by atoms with van der Waals surface area (Å²) in [6, 6.07) is 10.4. The van der Waals surface area contributed by atoms with Crippen LogP contribution < -0.4 is 9.47 Å². The average molecular weight is 276 g/mol. The fourth-order valence-corrected chi connectivity index (χ4v) is 1.64. The standard InChI is InChI=1S/C15H13FO4/c1-2-19-13-5-3-4-6-14(13)20-12-8-7-10(15(17)18)9-11(12)16/h3-9H,2H2,1H3,(H,17,18). The minimum absolute atomic E-state index is 0.0536. The summed E-state index contributed by atoms with van der Waals surface area (Å²) in [7, 11) is 0. The van der Waals surface area contributed by atoms with E-state index in [1.54, 1.807) is 24.3 Å². The molecule has 0 saturated heterocycles. The predicted octanol–water partition coefficient (Wildman–Crippen LogP) is 3.71. The van der Waals surface area contributed by atoms with Gasteiger partial charge in [-0.25, -0.2) is 9.18 Å². The highest BCUT2D eigenvalue weighted by Crippen LogP contribution is 2.32. The summed E-state index contributed by atoms with van der Waals surface area (Å²) in [5, 5.41) is 8.78. The molecule has 4 nitrogen and oxygen atoms in total. The van der Waals surface area contributed by atoms with Crippen molar-refractivity contribution in [2.45, 2.75) is 6.92 Å². The number of para-hydroxylation sites is 2. The third-order valence-corrected chi connectivity index (χ3v) is 2.55. The van der Waals surface area contributed by atoms with E-state index in [1.807, 2.05) is 6.92 Å². The number of hydrogen-bond acceptors (Lipinski definition) is 3. The highest BCUT2D eigenvalue weighted by molar-refractivity contribution is 5.87. The summed E-state index contributed by atoms with van der Waals surface area (Å²) >= 11 is 0. The molecule has 1 N–H and O–H groups in total. The Morgan fingerprint density at radius 3 is 2.45 bits per heavy atom. The lowest BCUT2D eigenvalue weighted by Gasteiger charge is -2.11. The van der Waals surface area contributed by atoms with Gasteiger partial charge in [0.1, 0.15) is 0 Å². The number of benzene rings is 2. The third-order valence-electron chi connectivity index (χ3n) is 2.55. The summed E-state index contributed by atoms with van der Waals surface area (Å²) in [6.45, 7) is 2.29. The van der Waals surface area contributed by atoms with Crippen molar-refractivity contribution in [2.75, 3.05) is 6.61 Å². The van der Waals surface area contributed by atoms with Crippen molar-refractivity contribution < 1.29 is 23.8 Å². The van der Waals surface area contributed by atoms with Gasteiger partial charge in [0.25, 0.3) is 0 Å². The van der Waals surface area contributed by atoms with Crippen molar-refractivity contribution in [2.24, 2.45) is 0 Å². The first-order chi connectivity index (χ1) is 9.61.